The Kier molecular flexibility index (Phi) is 6.99. The number of hydrogen-bond donors (Lipinski definition) is 0. The molecule has 0 radical (unpaired) electrons. The molecule has 6 heteroatoms. The van der Waals surface area contributed by atoms with Crippen molar-refractivity contribution in [3.8, 4) is 0 Å². The van der Waals surface area contributed by atoms with Crippen LogP contribution in [0, 0.1) is 0 Å². The quantitative estimate of drug-likeness (QED) is 0.381. The predicted molar refractivity (Wildman–Crippen MR) is 109 cm³/mol. The normalized spacial score (nSPS) is 33.3. The summed E-state index contributed by atoms with van der Waals surface area (Å²) in [4.78, 5) is 12.6. The van der Waals surface area contributed by atoms with Crippen LogP contribution in [0.3, 0.4) is 0 Å². The van der Waals surface area contributed by atoms with E-state index >= 15 is 0 Å². The Labute approximate surface area is 165 Å². The summed E-state index contributed by atoms with van der Waals surface area (Å²) in [5.41, 5.74) is 0. The van der Waals surface area contributed by atoms with Crippen LogP contribution in [0.1, 0.15) is 67.2 Å². The van der Waals surface area contributed by atoms with Gasteiger partial charge in [-0.25, -0.2) is 0 Å². The first kappa shape index (κ1) is 22.6. The smallest absolute Gasteiger partial charge is 0.308 e. The number of rotatable bonds is 4. The van der Waals surface area contributed by atoms with Crippen LogP contribution in [0.25, 0.3) is 0 Å². The van der Waals surface area contributed by atoms with E-state index < -0.39 is 14.1 Å². The zero-order chi connectivity index (χ0) is 20.5. The zero-order valence-corrected chi connectivity index (χ0v) is 19.3. The largest absolute Gasteiger partial charge is 0.462 e. The van der Waals surface area contributed by atoms with E-state index in [-0.39, 0.29) is 41.8 Å². The molecular formula is C21H38O5Si. The summed E-state index contributed by atoms with van der Waals surface area (Å²) in [6.45, 7) is 17.0. The fourth-order valence-corrected chi connectivity index (χ4v) is 4.62. The van der Waals surface area contributed by atoms with Crippen LogP contribution in [-0.4, -0.2) is 44.5 Å². The molecule has 4 atom stereocenters. The fourth-order valence-electron chi connectivity index (χ4n) is 3.35. The molecule has 2 rings (SSSR count). The zero-order valence-electron chi connectivity index (χ0n) is 18.3. The van der Waals surface area contributed by atoms with E-state index in [1.807, 2.05) is 26.0 Å². The van der Waals surface area contributed by atoms with Gasteiger partial charge < -0.3 is 18.6 Å². The van der Waals surface area contributed by atoms with Crippen molar-refractivity contribution in [2.45, 2.75) is 116 Å². The number of carbonyl (C=O) groups is 1. The van der Waals surface area contributed by atoms with E-state index in [4.69, 9.17) is 18.6 Å². The van der Waals surface area contributed by atoms with Gasteiger partial charge in [0.15, 0.2) is 14.1 Å². The molecule has 2 aliphatic heterocycles. The van der Waals surface area contributed by atoms with Gasteiger partial charge in [-0.05, 0) is 38.4 Å². The van der Waals surface area contributed by atoms with E-state index in [1.54, 1.807) is 0 Å². The Hall–Kier alpha value is -0.693. The summed E-state index contributed by atoms with van der Waals surface area (Å²) in [7, 11) is -2.01. The second-order valence-electron chi connectivity index (χ2n) is 9.78. The van der Waals surface area contributed by atoms with Crippen LogP contribution in [0.2, 0.25) is 18.1 Å². The highest BCUT2D eigenvalue weighted by molar-refractivity contribution is 6.74. The van der Waals surface area contributed by atoms with Gasteiger partial charge in [-0.1, -0.05) is 46.3 Å². The third-order valence-corrected chi connectivity index (χ3v) is 10.3. The van der Waals surface area contributed by atoms with Gasteiger partial charge in [0, 0.05) is 6.42 Å². The Morgan fingerprint density at radius 1 is 1.22 bits per heavy atom. The van der Waals surface area contributed by atoms with Crippen molar-refractivity contribution in [2.75, 3.05) is 0 Å². The number of cyclic esters (lactones) is 1. The van der Waals surface area contributed by atoms with Gasteiger partial charge >= 0.3 is 5.97 Å². The summed E-state index contributed by atoms with van der Waals surface area (Å²) < 4.78 is 24.5. The van der Waals surface area contributed by atoms with E-state index in [0.29, 0.717) is 6.42 Å². The Morgan fingerprint density at radius 2 is 1.89 bits per heavy atom. The molecule has 2 aliphatic rings. The highest BCUT2D eigenvalue weighted by Gasteiger charge is 2.43. The van der Waals surface area contributed by atoms with Crippen LogP contribution in [0.15, 0.2) is 12.2 Å². The van der Waals surface area contributed by atoms with E-state index in [2.05, 4.69) is 40.8 Å². The molecule has 0 amide bonds. The average molecular weight is 399 g/mol. The Bertz CT molecular complexity index is 549. The lowest BCUT2D eigenvalue weighted by Gasteiger charge is -2.38. The summed E-state index contributed by atoms with van der Waals surface area (Å²) in [5, 5.41) is 0.0717. The van der Waals surface area contributed by atoms with E-state index in [9.17, 15) is 4.79 Å². The number of esters is 1. The highest BCUT2D eigenvalue weighted by Crippen LogP contribution is 2.38. The topological polar surface area (TPSA) is 54.0 Å². The van der Waals surface area contributed by atoms with E-state index in [0.717, 1.165) is 12.8 Å². The highest BCUT2D eigenvalue weighted by atomic mass is 28.4. The third-order valence-electron chi connectivity index (χ3n) is 5.76. The summed E-state index contributed by atoms with van der Waals surface area (Å²) in [6, 6.07) is 0. The second kappa shape index (κ2) is 8.35. The van der Waals surface area contributed by atoms with Crippen LogP contribution < -0.4 is 0 Å². The van der Waals surface area contributed by atoms with Gasteiger partial charge in [-0.15, -0.1) is 0 Å². The maximum absolute atomic E-state index is 12.6. The fraction of sp³-hybridized carbons (Fsp3) is 0.857. The average Bonchev–Trinajstić information content (AvgIpc) is 2.77. The Balaban J connectivity index is 2.25. The molecule has 1 fully saturated rings. The van der Waals surface area contributed by atoms with Crippen LogP contribution in [0.4, 0.5) is 0 Å². The van der Waals surface area contributed by atoms with Crippen LogP contribution >= 0.6 is 0 Å². The van der Waals surface area contributed by atoms with Crippen molar-refractivity contribution in [2.24, 2.45) is 0 Å². The minimum Gasteiger partial charge on any atom is -0.462 e. The Morgan fingerprint density at radius 3 is 2.48 bits per heavy atom. The number of ether oxygens (including phenoxy) is 3. The molecule has 0 aliphatic carbocycles. The summed E-state index contributed by atoms with van der Waals surface area (Å²) in [5.74, 6) is -0.831. The predicted octanol–water partition coefficient (Wildman–Crippen LogP) is 4.96. The number of carbonyl (C=O) groups excluding carboxylic acids is 1. The minimum atomic E-state index is -2.01. The van der Waals surface area contributed by atoms with Crippen LogP contribution in [-0.2, 0) is 23.4 Å². The maximum atomic E-state index is 12.6. The first-order chi connectivity index (χ1) is 12.3. The minimum absolute atomic E-state index is 0.0717. The molecule has 0 aromatic rings. The number of hydrogen-bond acceptors (Lipinski definition) is 5. The first-order valence-corrected chi connectivity index (χ1v) is 13.1. The maximum Gasteiger partial charge on any atom is 0.308 e. The van der Waals surface area contributed by atoms with Crippen molar-refractivity contribution in [1.29, 1.82) is 0 Å². The molecule has 0 aromatic carbocycles. The molecule has 2 heterocycles. The standard InChI is InChI=1S/C21H38O5Si/c1-9-10-15-13-18-17(24-21(5,6)25-18)12-11-16(14-19(22)23-15)26-27(7,8)20(2,3)4/h11-12,15-18H,9-10,13-14H2,1-8H3/b12-11+/t15-,16-,17+,18+/m1/s1. The molecule has 0 spiro atoms. The molecule has 5 nitrogen and oxygen atoms in total. The molecule has 0 bridgehead atoms. The molecule has 0 saturated carbocycles. The summed E-state index contributed by atoms with van der Waals surface area (Å²) in [6.07, 6.45) is 5.98. The van der Waals surface area contributed by atoms with Crippen molar-refractivity contribution in [3.05, 3.63) is 12.2 Å². The van der Waals surface area contributed by atoms with Crippen LogP contribution in [0.5, 0.6) is 0 Å². The SMILES string of the molecule is CCC[C@@H]1C[C@@H]2OC(C)(C)O[C@H]2/C=C/[C@@H](O[Si](C)(C)C(C)(C)C)CC(=O)O1. The lowest BCUT2D eigenvalue weighted by molar-refractivity contribution is -0.156. The summed E-state index contributed by atoms with van der Waals surface area (Å²) >= 11 is 0. The molecule has 0 unspecified atom stereocenters. The van der Waals surface area contributed by atoms with Gasteiger partial charge in [0.25, 0.3) is 0 Å². The molecule has 0 aromatic heterocycles. The van der Waals surface area contributed by atoms with Gasteiger partial charge in [-0.3, -0.25) is 4.79 Å². The van der Waals surface area contributed by atoms with Gasteiger partial charge in [0.1, 0.15) is 12.2 Å². The molecule has 156 valence electrons. The van der Waals surface area contributed by atoms with Gasteiger partial charge in [0.05, 0.1) is 18.6 Å². The van der Waals surface area contributed by atoms with E-state index in [1.165, 1.54) is 0 Å². The van der Waals surface area contributed by atoms with Crippen molar-refractivity contribution >= 4 is 14.3 Å². The monoisotopic (exact) mass is 398 g/mol. The van der Waals surface area contributed by atoms with Gasteiger partial charge in [-0.2, -0.15) is 0 Å². The van der Waals surface area contributed by atoms with Crippen molar-refractivity contribution < 1.29 is 23.4 Å². The molecule has 1 saturated heterocycles. The molecular weight excluding hydrogens is 360 g/mol. The van der Waals surface area contributed by atoms with Crippen molar-refractivity contribution in [1.82, 2.24) is 0 Å². The second-order valence-corrected chi connectivity index (χ2v) is 14.5. The van der Waals surface area contributed by atoms with Crippen molar-refractivity contribution in [3.63, 3.8) is 0 Å². The number of fused-ring (bicyclic) bond motifs is 1. The lowest BCUT2D eigenvalue weighted by atomic mass is 10.0. The molecule has 27 heavy (non-hydrogen) atoms. The third kappa shape index (κ3) is 6.14. The molecule has 0 N–H and O–H groups in total. The lowest BCUT2D eigenvalue weighted by Crippen LogP contribution is -2.44. The first-order valence-electron chi connectivity index (χ1n) is 10.2. The van der Waals surface area contributed by atoms with Gasteiger partial charge in [0.2, 0.25) is 0 Å².